The Labute approximate surface area is 125 Å². The topological polar surface area (TPSA) is 79.3 Å². The SMILES string of the molecule is CC(C)(CCNC(=O)CCc1ccncc1)CCC(=O)O. The van der Waals surface area contributed by atoms with E-state index in [-0.39, 0.29) is 17.7 Å². The Morgan fingerprint density at radius 1 is 1.19 bits per heavy atom. The number of aliphatic carboxylic acids is 1. The monoisotopic (exact) mass is 292 g/mol. The van der Waals surface area contributed by atoms with Crippen LogP contribution in [-0.2, 0) is 16.0 Å². The summed E-state index contributed by atoms with van der Waals surface area (Å²) in [6, 6.07) is 3.81. The van der Waals surface area contributed by atoms with E-state index in [1.54, 1.807) is 12.4 Å². The highest BCUT2D eigenvalue weighted by atomic mass is 16.4. The van der Waals surface area contributed by atoms with Gasteiger partial charge in [-0.25, -0.2) is 0 Å². The highest BCUT2D eigenvalue weighted by molar-refractivity contribution is 5.76. The van der Waals surface area contributed by atoms with Crippen molar-refractivity contribution in [1.29, 1.82) is 0 Å². The Morgan fingerprint density at radius 3 is 2.48 bits per heavy atom. The van der Waals surface area contributed by atoms with E-state index in [1.165, 1.54) is 0 Å². The minimum atomic E-state index is -0.774. The minimum Gasteiger partial charge on any atom is -0.481 e. The molecule has 0 bridgehead atoms. The molecule has 0 radical (unpaired) electrons. The first-order chi connectivity index (χ1) is 9.89. The molecule has 1 aromatic heterocycles. The highest BCUT2D eigenvalue weighted by Crippen LogP contribution is 2.25. The Morgan fingerprint density at radius 2 is 1.86 bits per heavy atom. The van der Waals surface area contributed by atoms with Crippen LogP contribution >= 0.6 is 0 Å². The fraction of sp³-hybridized carbons (Fsp3) is 0.562. The first kappa shape index (κ1) is 17.1. The second kappa shape index (κ2) is 8.39. The summed E-state index contributed by atoms with van der Waals surface area (Å²) < 4.78 is 0. The van der Waals surface area contributed by atoms with Gasteiger partial charge in [-0.2, -0.15) is 0 Å². The van der Waals surface area contributed by atoms with Crippen LogP contribution in [0.15, 0.2) is 24.5 Å². The number of rotatable bonds is 9. The number of aromatic nitrogens is 1. The van der Waals surface area contributed by atoms with E-state index in [9.17, 15) is 9.59 Å². The quantitative estimate of drug-likeness (QED) is 0.732. The number of carboxylic acids is 1. The van der Waals surface area contributed by atoms with Gasteiger partial charge in [0, 0.05) is 31.8 Å². The summed E-state index contributed by atoms with van der Waals surface area (Å²) in [5.74, 6) is -0.745. The lowest BCUT2D eigenvalue weighted by molar-refractivity contribution is -0.137. The molecule has 5 nitrogen and oxygen atoms in total. The van der Waals surface area contributed by atoms with E-state index in [0.29, 0.717) is 25.8 Å². The Bertz CT molecular complexity index is 458. The van der Waals surface area contributed by atoms with E-state index in [4.69, 9.17) is 5.11 Å². The molecule has 1 rings (SSSR count). The summed E-state index contributed by atoms with van der Waals surface area (Å²) >= 11 is 0. The zero-order valence-electron chi connectivity index (χ0n) is 12.8. The van der Waals surface area contributed by atoms with Crippen LogP contribution in [0.2, 0.25) is 0 Å². The minimum absolute atomic E-state index is 0.0286. The molecule has 116 valence electrons. The summed E-state index contributed by atoms with van der Waals surface area (Å²) in [5.41, 5.74) is 1.03. The molecule has 1 aromatic rings. The summed E-state index contributed by atoms with van der Waals surface area (Å²) in [6.07, 6.45) is 6.17. The maximum atomic E-state index is 11.7. The van der Waals surface area contributed by atoms with Crippen molar-refractivity contribution in [3.63, 3.8) is 0 Å². The fourth-order valence-electron chi connectivity index (χ4n) is 2.01. The van der Waals surface area contributed by atoms with Crippen LogP contribution in [0.1, 0.15) is 45.1 Å². The number of carbonyl (C=O) groups is 2. The standard InChI is InChI=1S/C16H24N2O3/c1-16(2,8-5-15(20)21)9-12-18-14(19)4-3-13-6-10-17-11-7-13/h6-7,10-11H,3-5,8-9,12H2,1-2H3,(H,18,19)(H,20,21). The number of nitrogens with one attached hydrogen (secondary N) is 1. The van der Waals surface area contributed by atoms with Gasteiger partial charge in [0.1, 0.15) is 0 Å². The number of carbonyl (C=O) groups excluding carboxylic acids is 1. The number of carboxylic acid groups (broad SMARTS) is 1. The third-order valence-corrected chi connectivity index (χ3v) is 3.53. The maximum absolute atomic E-state index is 11.7. The van der Waals surface area contributed by atoms with E-state index in [1.807, 2.05) is 26.0 Å². The van der Waals surface area contributed by atoms with Crippen LogP contribution < -0.4 is 5.32 Å². The lowest BCUT2D eigenvalue weighted by Crippen LogP contribution is -2.28. The van der Waals surface area contributed by atoms with E-state index >= 15 is 0 Å². The molecule has 0 fully saturated rings. The molecule has 0 saturated heterocycles. The van der Waals surface area contributed by atoms with Crippen molar-refractivity contribution in [2.45, 2.75) is 46.0 Å². The van der Waals surface area contributed by atoms with Gasteiger partial charge in [-0.3, -0.25) is 14.6 Å². The predicted octanol–water partition coefficient (Wildman–Crippen LogP) is 2.41. The summed E-state index contributed by atoms with van der Waals surface area (Å²) in [5, 5.41) is 11.6. The molecule has 0 aromatic carbocycles. The van der Waals surface area contributed by atoms with Gasteiger partial charge in [-0.1, -0.05) is 13.8 Å². The average molecular weight is 292 g/mol. The first-order valence-corrected chi connectivity index (χ1v) is 7.26. The molecular weight excluding hydrogens is 268 g/mol. The van der Waals surface area contributed by atoms with Crippen LogP contribution in [0.4, 0.5) is 0 Å². The van der Waals surface area contributed by atoms with E-state index < -0.39 is 5.97 Å². The van der Waals surface area contributed by atoms with Crippen molar-refractivity contribution < 1.29 is 14.7 Å². The van der Waals surface area contributed by atoms with Gasteiger partial charge in [-0.15, -0.1) is 0 Å². The molecule has 1 amide bonds. The van der Waals surface area contributed by atoms with Crippen molar-refractivity contribution in [3.05, 3.63) is 30.1 Å². The van der Waals surface area contributed by atoms with Crippen LogP contribution in [0.5, 0.6) is 0 Å². The van der Waals surface area contributed by atoms with Gasteiger partial charge >= 0.3 is 5.97 Å². The van der Waals surface area contributed by atoms with Gasteiger partial charge in [0.2, 0.25) is 5.91 Å². The molecule has 21 heavy (non-hydrogen) atoms. The zero-order valence-corrected chi connectivity index (χ0v) is 12.8. The van der Waals surface area contributed by atoms with Gasteiger partial charge in [-0.05, 0) is 42.4 Å². The molecule has 2 N–H and O–H groups in total. The molecule has 5 heteroatoms. The van der Waals surface area contributed by atoms with E-state index in [0.717, 1.165) is 12.0 Å². The van der Waals surface area contributed by atoms with Crippen molar-refractivity contribution in [2.75, 3.05) is 6.54 Å². The summed E-state index contributed by atoms with van der Waals surface area (Å²) in [7, 11) is 0. The largest absolute Gasteiger partial charge is 0.481 e. The number of nitrogens with zero attached hydrogens (tertiary/aromatic N) is 1. The Kier molecular flexibility index (Phi) is 6.85. The Hall–Kier alpha value is -1.91. The molecule has 0 unspecified atom stereocenters. The third-order valence-electron chi connectivity index (χ3n) is 3.53. The van der Waals surface area contributed by atoms with Crippen LogP contribution in [0.3, 0.4) is 0 Å². The molecule has 0 saturated carbocycles. The molecule has 0 aliphatic carbocycles. The molecule has 0 atom stereocenters. The van der Waals surface area contributed by atoms with Crippen molar-refractivity contribution in [1.82, 2.24) is 10.3 Å². The number of amides is 1. The van der Waals surface area contributed by atoms with Crippen LogP contribution in [0.25, 0.3) is 0 Å². The van der Waals surface area contributed by atoms with Gasteiger partial charge in [0.25, 0.3) is 0 Å². The molecule has 1 heterocycles. The zero-order chi connectivity index (χ0) is 15.7. The number of pyridine rings is 1. The normalized spacial score (nSPS) is 11.1. The van der Waals surface area contributed by atoms with Crippen molar-refractivity contribution in [2.24, 2.45) is 5.41 Å². The lowest BCUT2D eigenvalue weighted by atomic mass is 9.84. The van der Waals surface area contributed by atoms with E-state index in [2.05, 4.69) is 10.3 Å². The second-order valence-corrected chi connectivity index (χ2v) is 6.01. The predicted molar refractivity (Wildman–Crippen MR) is 80.8 cm³/mol. The van der Waals surface area contributed by atoms with Gasteiger partial charge in [0.15, 0.2) is 0 Å². The average Bonchev–Trinajstić information content (AvgIpc) is 2.44. The fourth-order valence-corrected chi connectivity index (χ4v) is 2.01. The number of aryl methyl sites for hydroxylation is 1. The highest BCUT2D eigenvalue weighted by Gasteiger charge is 2.19. The molecule has 0 aliphatic rings. The summed E-state index contributed by atoms with van der Waals surface area (Å²) in [4.78, 5) is 26.3. The number of hydrogen-bond acceptors (Lipinski definition) is 3. The lowest BCUT2D eigenvalue weighted by Gasteiger charge is -2.23. The second-order valence-electron chi connectivity index (χ2n) is 6.01. The Balaban J connectivity index is 2.19. The molecule has 0 aliphatic heterocycles. The third kappa shape index (κ3) is 8.07. The smallest absolute Gasteiger partial charge is 0.303 e. The van der Waals surface area contributed by atoms with Gasteiger partial charge in [0.05, 0.1) is 0 Å². The van der Waals surface area contributed by atoms with Crippen LogP contribution in [0, 0.1) is 5.41 Å². The number of hydrogen-bond donors (Lipinski definition) is 2. The van der Waals surface area contributed by atoms with Crippen LogP contribution in [-0.4, -0.2) is 28.5 Å². The van der Waals surface area contributed by atoms with Gasteiger partial charge < -0.3 is 10.4 Å². The van der Waals surface area contributed by atoms with Crippen molar-refractivity contribution in [3.8, 4) is 0 Å². The van der Waals surface area contributed by atoms with Crippen molar-refractivity contribution >= 4 is 11.9 Å². The maximum Gasteiger partial charge on any atom is 0.303 e. The summed E-state index contributed by atoms with van der Waals surface area (Å²) in [6.45, 7) is 4.64. The molecular formula is C16H24N2O3. The first-order valence-electron chi connectivity index (χ1n) is 7.26. The molecule has 0 spiro atoms.